The van der Waals surface area contributed by atoms with Gasteiger partial charge in [-0.05, 0) is 28.7 Å². The lowest BCUT2D eigenvalue weighted by Gasteiger charge is -2.18. The van der Waals surface area contributed by atoms with Crippen molar-refractivity contribution in [2.24, 2.45) is 5.92 Å². The number of carbonyl (C=O) groups excluding carboxylic acids is 2. The van der Waals surface area contributed by atoms with Crippen LogP contribution in [0.25, 0.3) is 10.8 Å². The maximum absolute atomic E-state index is 12.2. The van der Waals surface area contributed by atoms with Gasteiger partial charge in [-0.2, -0.15) is 0 Å². The Kier molecular flexibility index (Phi) is 5.74. The first-order valence-corrected chi connectivity index (χ1v) is 7.84. The Morgan fingerprint density at radius 2 is 1.78 bits per heavy atom. The standard InChI is InChI=1S/C19H23NO3/c1-13(2)10-17(19(22)23-3)20-18(21)12-14-8-9-15-6-4-5-7-16(15)11-14/h4-9,11,13,17H,10,12H2,1-3H3,(H,20,21)/t17-/m1/s1. The van der Waals surface area contributed by atoms with Crippen molar-refractivity contribution in [1.82, 2.24) is 5.32 Å². The Morgan fingerprint density at radius 1 is 1.09 bits per heavy atom. The van der Waals surface area contributed by atoms with Gasteiger partial charge in [-0.25, -0.2) is 4.79 Å². The number of carbonyl (C=O) groups is 2. The molecule has 0 aliphatic carbocycles. The van der Waals surface area contributed by atoms with Crippen LogP contribution in [0.4, 0.5) is 0 Å². The normalized spacial score (nSPS) is 12.2. The number of hydrogen-bond acceptors (Lipinski definition) is 3. The number of fused-ring (bicyclic) bond motifs is 1. The highest BCUT2D eigenvalue weighted by Gasteiger charge is 2.22. The number of hydrogen-bond donors (Lipinski definition) is 1. The zero-order valence-corrected chi connectivity index (χ0v) is 13.8. The van der Waals surface area contributed by atoms with Crippen molar-refractivity contribution in [3.8, 4) is 0 Å². The summed E-state index contributed by atoms with van der Waals surface area (Å²) < 4.78 is 4.77. The SMILES string of the molecule is COC(=O)[C@@H](CC(C)C)NC(=O)Cc1ccc2ccccc2c1. The molecule has 0 aliphatic heterocycles. The molecule has 1 N–H and O–H groups in total. The molecule has 0 heterocycles. The molecule has 0 aliphatic rings. The lowest BCUT2D eigenvalue weighted by Crippen LogP contribution is -2.43. The molecule has 0 spiro atoms. The lowest BCUT2D eigenvalue weighted by molar-refractivity contribution is -0.145. The molecule has 122 valence electrons. The molecule has 1 atom stereocenters. The van der Waals surface area contributed by atoms with Gasteiger partial charge in [0.2, 0.25) is 5.91 Å². The second kappa shape index (κ2) is 7.77. The fraction of sp³-hybridized carbons (Fsp3) is 0.368. The van der Waals surface area contributed by atoms with Crippen LogP contribution in [-0.2, 0) is 20.7 Å². The van der Waals surface area contributed by atoms with E-state index in [2.05, 4.69) is 5.32 Å². The molecule has 1 amide bonds. The Hall–Kier alpha value is -2.36. The lowest BCUT2D eigenvalue weighted by atomic mass is 10.0. The topological polar surface area (TPSA) is 55.4 Å². The van der Waals surface area contributed by atoms with Gasteiger partial charge in [-0.1, -0.05) is 56.3 Å². The van der Waals surface area contributed by atoms with E-state index >= 15 is 0 Å². The summed E-state index contributed by atoms with van der Waals surface area (Å²) in [6.45, 7) is 4.01. The van der Waals surface area contributed by atoms with Crippen molar-refractivity contribution in [2.75, 3.05) is 7.11 Å². The van der Waals surface area contributed by atoms with Crippen LogP contribution in [-0.4, -0.2) is 25.0 Å². The first-order valence-electron chi connectivity index (χ1n) is 7.84. The van der Waals surface area contributed by atoms with Crippen molar-refractivity contribution in [2.45, 2.75) is 32.7 Å². The van der Waals surface area contributed by atoms with Gasteiger partial charge in [0.05, 0.1) is 13.5 Å². The molecule has 2 aromatic carbocycles. The summed E-state index contributed by atoms with van der Waals surface area (Å²) in [5.74, 6) is -0.276. The summed E-state index contributed by atoms with van der Waals surface area (Å²) in [4.78, 5) is 24.0. The summed E-state index contributed by atoms with van der Waals surface area (Å²) in [5.41, 5.74) is 0.925. The quantitative estimate of drug-likeness (QED) is 0.834. The number of methoxy groups -OCH3 is 1. The number of esters is 1. The van der Waals surface area contributed by atoms with Crippen molar-refractivity contribution in [1.29, 1.82) is 0 Å². The molecule has 0 aromatic heterocycles. The minimum Gasteiger partial charge on any atom is -0.467 e. The molecule has 0 fully saturated rings. The Bertz CT molecular complexity index is 694. The average molecular weight is 313 g/mol. The van der Waals surface area contributed by atoms with Crippen LogP contribution in [0.2, 0.25) is 0 Å². The molecule has 0 unspecified atom stereocenters. The van der Waals surface area contributed by atoms with E-state index in [1.807, 2.05) is 56.3 Å². The second-order valence-corrected chi connectivity index (χ2v) is 6.13. The summed E-state index contributed by atoms with van der Waals surface area (Å²) >= 11 is 0. The largest absolute Gasteiger partial charge is 0.467 e. The first-order chi connectivity index (χ1) is 11.0. The van der Waals surface area contributed by atoms with E-state index < -0.39 is 12.0 Å². The molecule has 2 rings (SSSR count). The number of rotatable bonds is 6. The number of amides is 1. The predicted molar refractivity (Wildman–Crippen MR) is 91.1 cm³/mol. The van der Waals surface area contributed by atoms with Crippen LogP contribution < -0.4 is 5.32 Å². The van der Waals surface area contributed by atoms with Gasteiger partial charge in [0.15, 0.2) is 0 Å². The van der Waals surface area contributed by atoms with Gasteiger partial charge in [0.25, 0.3) is 0 Å². The zero-order valence-electron chi connectivity index (χ0n) is 13.8. The van der Waals surface area contributed by atoms with E-state index in [9.17, 15) is 9.59 Å². The van der Waals surface area contributed by atoms with Crippen molar-refractivity contribution in [3.63, 3.8) is 0 Å². The summed E-state index contributed by atoms with van der Waals surface area (Å²) in [6.07, 6.45) is 0.812. The van der Waals surface area contributed by atoms with Crippen LogP contribution in [0, 0.1) is 5.92 Å². The van der Waals surface area contributed by atoms with Gasteiger partial charge < -0.3 is 10.1 Å². The molecular weight excluding hydrogens is 290 g/mol. The highest BCUT2D eigenvalue weighted by molar-refractivity contribution is 5.87. The summed E-state index contributed by atoms with van der Waals surface area (Å²) in [7, 11) is 1.34. The molecule has 4 heteroatoms. The Morgan fingerprint density at radius 3 is 2.43 bits per heavy atom. The van der Waals surface area contributed by atoms with E-state index in [1.165, 1.54) is 7.11 Å². The molecule has 0 radical (unpaired) electrons. The third-order valence-electron chi connectivity index (χ3n) is 3.71. The van der Waals surface area contributed by atoms with Crippen molar-refractivity contribution >= 4 is 22.6 Å². The van der Waals surface area contributed by atoms with E-state index in [1.54, 1.807) is 0 Å². The van der Waals surface area contributed by atoms with E-state index in [-0.39, 0.29) is 12.3 Å². The number of ether oxygens (including phenoxy) is 1. The van der Waals surface area contributed by atoms with Crippen molar-refractivity contribution < 1.29 is 14.3 Å². The second-order valence-electron chi connectivity index (χ2n) is 6.13. The highest BCUT2D eigenvalue weighted by Crippen LogP contribution is 2.16. The maximum Gasteiger partial charge on any atom is 0.328 e. The third kappa shape index (κ3) is 4.81. The fourth-order valence-corrected chi connectivity index (χ4v) is 2.61. The Labute approximate surface area is 136 Å². The van der Waals surface area contributed by atoms with Crippen molar-refractivity contribution in [3.05, 3.63) is 48.0 Å². The molecule has 23 heavy (non-hydrogen) atoms. The summed E-state index contributed by atoms with van der Waals surface area (Å²) in [5, 5.41) is 5.03. The minimum absolute atomic E-state index is 0.170. The fourth-order valence-electron chi connectivity index (χ4n) is 2.61. The molecular formula is C19H23NO3. The van der Waals surface area contributed by atoms with Gasteiger partial charge >= 0.3 is 5.97 Å². The molecule has 0 saturated heterocycles. The summed E-state index contributed by atoms with van der Waals surface area (Å²) in [6, 6.07) is 13.4. The van der Waals surface area contributed by atoms with E-state index in [0.29, 0.717) is 12.3 Å². The first kappa shape index (κ1) is 17.0. The molecule has 0 bridgehead atoms. The smallest absolute Gasteiger partial charge is 0.328 e. The molecule has 0 saturated carbocycles. The van der Waals surface area contributed by atoms with Crippen LogP contribution in [0.5, 0.6) is 0 Å². The van der Waals surface area contributed by atoms with E-state index in [4.69, 9.17) is 4.74 Å². The molecule has 2 aromatic rings. The maximum atomic E-state index is 12.2. The highest BCUT2D eigenvalue weighted by atomic mass is 16.5. The number of nitrogens with one attached hydrogen (secondary N) is 1. The number of benzene rings is 2. The zero-order chi connectivity index (χ0) is 16.8. The van der Waals surface area contributed by atoms with Gasteiger partial charge in [-0.15, -0.1) is 0 Å². The van der Waals surface area contributed by atoms with Crippen LogP contribution in [0.3, 0.4) is 0 Å². The van der Waals surface area contributed by atoms with Gasteiger partial charge in [-0.3, -0.25) is 4.79 Å². The van der Waals surface area contributed by atoms with Gasteiger partial charge in [0.1, 0.15) is 6.04 Å². The van der Waals surface area contributed by atoms with Crippen LogP contribution >= 0.6 is 0 Å². The minimum atomic E-state index is -0.590. The van der Waals surface area contributed by atoms with Crippen LogP contribution in [0.15, 0.2) is 42.5 Å². The predicted octanol–water partition coefficient (Wildman–Crippen LogP) is 3.09. The Balaban J connectivity index is 2.05. The van der Waals surface area contributed by atoms with Gasteiger partial charge in [0, 0.05) is 0 Å². The van der Waals surface area contributed by atoms with Crippen LogP contribution in [0.1, 0.15) is 25.8 Å². The monoisotopic (exact) mass is 313 g/mol. The van der Waals surface area contributed by atoms with E-state index in [0.717, 1.165) is 16.3 Å². The average Bonchev–Trinajstić information content (AvgIpc) is 2.52. The molecule has 4 nitrogen and oxygen atoms in total. The third-order valence-corrected chi connectivity index (χ3v) is 3.71.